The standard InChI is InChI=1S/C56H57F6N3O15S3/c1-39(63-78-81(3,66)67)40-9-21-46(22-10-40)72-33-6-36-75-49-27-15-43(16-28-49)54(2,44-17-29-50(30-18-44)76-37-7-34-73-47-23-11-41(12-24-47)52(55(57,58)59)64-79-82(4,68)69)45-19-31-51(32-20-45)77-38-8-35-74-48-25-13-42(14-26-48)53(56(60,61)62)65-80-83(5,70)71/h9-32H,6-8,33-38H2,1-5H3/b63-39+,64-52-,65-53-. The molecule has 83 heavy (non-hydrogen) atoms. The lowest BCUT2D eigenvalue weighted by Gasteiger charge is -2.32. The number of halogens is 6. The molecule has 0 saturated heterocycles. The van der Waals surface area contributed by atoms with E-state index in [0.717, 1.165) is 47.2 Å². The molecule has 0 unspecified atom stereocenters. The first-order valence-corrected chi connectivity index (χ1v) is 30.4. The second-order valence-corrected chi connectivity index (χ2v) is 23.0. The SMILES string of the molecule is C/C(=N\OS(C)(=O)=O)c1ccc(OCCCOc2ccc(C(C)(c3ccc(OCCCOc4ccc(/C(=N/OS(C)(=O)=O)C(F)(F)F)cc4)cc3)c3ccc(OCCCOc4ccc(/C(=N/OS(C)(=O)=O)C(F)(F)F)cc4)cc3)cc2)cc1. The van der Waals surface area contributed by atoms with Crippen molar-refractivity contribution in [2.75, 3.05) is 58.4 Å². The molecule has 0 aliphatic heterocycles. The number of ether oxygens (including phenoxy) is 6. The first-order chi connectivity index (χ1) is 39.1. The molecule has 18 nitrogen and oxygen atoms in total. The molecule has 0 heterocycles. The first-order valence-electron chi connectivity index (χ1n) is 25.0. The Morgan fingerprint density at radius 1 is 0.361 bits per heavy atom. The number of hydrogen-bond acceptors (Lipinski definition) is 18. The van der Waals surface area contributed by atoms with Crippen LogP contribution in [0.15, 0.2) is 161 Å². The van der Waals surface area contributed by atoms with Gasteiger partial charge in [-0.1, -0.05) is 51.9 Å². The van der Waals surface area contributed by atoms with E-state index in [1.165, 1.54) is 24.3 Å². The summed E-state index contributed by atoms with van der Waals surface area (Å²) in [7, 11) is -12.3. The highest BCUT2D eigenvalue weighted by atomic mass is 32.2. The Morgan fingerprint density at radius 3 is 0.807 bits per heavy atom. The summed E-state index contributed by atoms with van der Waals surface area (Å²) in [5, 5.41) is 9.22. The van der Waals surface area contributed by atoms with Gasteiger partial charge < -0.3 is 28.4 Å². The van der Waals surface area contributed by atoms with E-state index in [1.54, 1.807) is 31.2 Å². The second kappa shape index (κ2) is 28.3. The van der Waals surface area contributed by atoms with E-state index >= 15 is 0 Å². The first kappa shape index (κ1) is 64.1. The molecule has 0 aliphatic carbocycles. The molecule has 0 N–H and O–H groups in total. The fourth-order valence-electron chi connectivity index (χ4n) is 7.60. The molecule has 0 atom stereocenters. The lowest BCUT2D eigenvalue weighted by Crippen LogP contribution is -2.25. The maximum absolute atomic E-state index is 13.6. The maximum Gasteiger partial charge on any atom is 0.437 e. The number of nitrogens with zero attached hydrogens (tertiary/aromatic N) is 3. The number of rotatable bonds is 30. The van der Waals surface area contributed by atoms with Crippen LogP contribution in [0.4, 0.5) is 26.3 Å². The van der Waals surface area contributed by atoms with Crippen molar-refractivity contribution < 1.29 is 92.9 Å². The van der Waals surface area contributed by atoms with Crippen LogP contribution < -0.4 is 28.4 Å². The van der Waals surface area contributed by atoms with E-state index in [4.69, 9.17) is 28.4 Å². The van der Waals surface area contributed by atoms with E-state index in [9.17, 15) is 51.6 Å². The molecule has 0 spiro atoms. The molecule has 27 heteroatoms. The van der Waals surface area contributed by atoms with Crippen molar-refractivity contribution in [3.8, 4) is 34.5 Å². The Balaban J connectivity index is 1.06. The smallest absolute Gasteiger partial charge is 0.437 e. The molecule has 0 amide bonds. The van der Waals surface area contributed by atoms with Gasteiger partial charge in [-0.3, -0.25) is 12.9 Å². The van der Waals surface area contributed by atoms with Crippen molar-refractivity contribution in [2.45, 2.75) is 50.9 Å². The zero-order valence-electron chi connectivity index (χ0n) is 45.2. The number of hydrogen-bond donors (Lipinski definition) is 0. The molecule has 0 saturated carbocycles. The maximum atomic E-state index is 13.6. The summed E-state index contributed by atoms with van der Waals surface area (Å²) in [6, 6.07) is 39.2. The van der Waals surface area contributed by atoms with Crippen molar-refractivity contribution in [1.29, 1.82) is 0 Å². The summed E-state index contributed by atoms with van der Waals surface area (Å²) in [4.78, 5) is 0. The fraction of sp³-hybridized carbons (Fsp3) is 0.304. The van der Waals surface area contributed by atoms with Crippen molar-refractivity contribution in [1.82, 2.24) is 0 Å². The fourth-order valence-corrected chi connectivity index (χ4v) is 8.27. The Labute approximate surface area is 476 Å². The largest absolute Gasteiger partial charge is 0.493 e. The van der Waals surface area contributed by atoms with E-state index in [0.29, 0.717) is 79.3 Å². The normalized spacial score (nSPS) is 13.0. The predicted molar refractivity (Wildman–Crippen MR) is 296 cm³/mol. The minimum absolute atomic E-state index is 0.159. The minimum atomic E-state index is -4.99. The van der Waals surface area contributed by atoms with Gasteiger partial charge in [0, 0.05) is 35.8 Å². The molecule has 6 aromatic carbocycles. The van der Waals surface area contributed by atoms with Crippen LogP contribution in [-0.2, 0) is 48.6 Å². The van der Waals surface area contributed by atoms with Crippen molar-refractivity contribution in [3.05, 3.63) is 179 Å². The third kappa shape index (κ3) is 20.7. The van der Waals surface area contributed by atoms with E-state index in [-0.39, 0.29) is 37.9 Å². The molecule has 0 aliphatic rings. The molecule has 6 rings (SSSR count). The van der Waals surface area contributed by atoms with Crippen molar-refractivity contribution in [3.63, 3.8) is 0 Å². The average molecular weight is 1220 g/mol. The molecule has 0 bridgehead atoms. The van der Waals surface area contributed by atoms with E-state index in [2.05, 4.69) is 35.2 Å². The van der Waals surface area contributed by atoms with Crippen LogP contribution in [0.1, 0.15) is 66.5 Å². The molecular formula is C56H57F6N3O15S3. The highest BCUT2D eigenvalue weighted by Crippen LogP contribution is 2.41. The second-order valence-electron chi connectivity index (χ2n) is 18.3. The van der Waals surface area contributed by atoms with E-state index < -0.39 is 70.7 Å². The van der Waals surface area contributed by atoms with Crippen molar-refractivity contribution in [2.24, 2.45) is 15.5 Å². The Hall–Kier alpha value is -8.04. The highest BCUT2D eigenvalue weighted by molar-refractivity contribution is 7.86. The van der Waals surface area contributed by atoms with Crippen LogP contribution in [-0.4, -0.2) is 113 Å². The minimum Gasteiger partial charge on any atom is -0.493 e. The summed E-state index contributed by atoms with van der Waals surface area (Å²) >= 11 is 0. The Kier molecular flexibility index (Phi) is 21.9. The van der Waals surface area contributed by atoms with Gasteiger partial charge in [0.05, 0.1) is 64.1 Å². The van der Waals surface area contributed by atoms with Gasteiger partial charge >= 0.3 is 42.7 Å². The van der Waals surface area contributed by atoms with Gasteiger partial charge in [0.1, 0.15) is 34.5 Å². The average Bonchev–Trinajstić information content (AvgIpc) is 3.58. The zero-order chi connectivity index (χ0) is 60.5. The topological polar surface area (TPSA) is 223 Å². The third-order valence-electron chi connectivity index (χ3n) is 11.7. The summed E-state index contributed by atoms with van der Waals surface area (Å²) in [5.41, 5.74) is -0.869. The molecule has 0 fully saturated rings. The Morgan fingerprint density at radius 2 is 0.578 bits per heavy atom. The van der Waals surface area contributed by atoms with Crippen LogP contribution in [0, 0.1) is 0 Å². The van der Waals surface area contributed by atoms with Gasteiger partial charge in [-0.05, 0) is 145 Å². The third-order valence-corrected chi connectivity index (χ3v) is 12.7. The summed E-state index contributed by atoms with van der Waals surface area (Å²) < 4.78 is 197. The van der Waals surface area contributed by atoms with Crippen LogP contribution in [0.5, 0.6) is 34.5 Å². The lowest BCUT2D eigenvalue weighted by atomic mass is 9.71. The summed E-state index contributed by atoms with van der Waals surface area (Å²) in [6.45, 7) is 5.20. The van der Waals surface area contributed by atoms with Gasteiger partial charge in [0.15, 0.2) is 11.4 Å². The monoisotopic (exact) mass is 1220 g/mol. The highest BCUT2D eigenvalue weighted by Gasteiger charge is 2.39. The van der Waals surface area contributed by atoms with Gasteiger partial charge in [-0.25, -0.2) is 0 Å². The summed E-state index contributed by atoms with van der Waals surface area (Å²) in [5.74, 6) is 2.88. The number of alkyl halides is 6. The van der Waals surface area contributed by atoms with Crippen LogP contribution in [0.3, 0.4) is 0 Å². The van der Waals surface area contributed by atoms with Crippen LogP contribution in [0.25, 0.3) is 0 Å². The van der Waals surface area contributed by atoms with Crippen LogP contribution >= 0.6 is 0 Å². The zero-order valence-corrected chi connectivity index (χ0v) is 47.6. The molecule has 0 radical (unpaired) electrons. The van der Waals surface area contributed by atoms with Crippen molar-refractivity contribution >= 4 is 47.5 Å². The quantitative estimate of drug-likeness (QED) is 0.0134. The molecular weight excluding hydrogens is 1160 g/mol. The molecule has 446 valence electrons. The van der Waals surface area contributed by atoms with Gasteiger partial charge in [0.2, 0.25) is 0 Å². The number of oxime groups is 3. The lowest BCUT2D eigenvalue weighted by molar-refractivity contribution is -0.0606. The predicted octanol–water partition coefficient (Wildman–Crippen LogP) is 10.8. The number of benzene rings is 6. The molecule has 0 aromatic heterocycles. The molecule has 6 aromatic rings. The summed E-state index contributed by atoms with van der Waals surface area (Å²) in [6.07, 6.45) is -6.55. The van der Waals surface area contributed by atoms with Gasteiger partial charge in [-0.2, -0.15) is 51.6 Å². The van der Waals surface area contributed by atoms with E-state index in [1.807, 2.05) is 72.8 Å². The van der Waals surface area contributed by atoms with Crippen LogP contribution in [0.2, 0.25) is 0 Å². The van der Waals surface area contributed by atoms with Gasteiger partial charge in [-0.15, -0.1) is 0 Å². The Bertz CT molecular complexity index is 3360. The van der Waals surface area contributed by atoms with Gasteiger partial charge in [0.25, 0.3) is 0 Å².